The number of hydrogen-bond donors (Lipinski definition) is 0. The van der Waals surface area contributed by atoms with E-state index in [4.69, 9.17) is 10.00 Å². The third-order valence-electron chi connectivity index (χ3n) is 3.75. The minimum atomic E-state index is -3.53. The van der Waals surface area contributed by atoms with Gasteiger partial charge in [0.25, 0.3) is 5.88 Å². The second-order valence-corrected chi connectivity index (χ2v) is 7.29. The van der Waals surface area contributed by atoms with E-state index >= 15 is 0 Å². The Kier molecular flexibility index (Phi) is 5.07. The van der Waals surface area contributed by atoms with Crippen LogP contribution in [-0.2, 0) is 10.0 Å². The summed E-state index contributed by atoms with van der Waals surface area (Å²) in [5.74, 6) is 0.133. The molecule has 0 bridgehead atoms. The van der Waals surface area contributed by atoms with Crippen LogP contribution in [0.3, 0.4) is 0 Å². The van der Waals surface area contributed by atoms with Crippen LogP contribution in [0, 0.1) is 11.3 Å². The number of hydrogen-bond acceptors (Lipinski definition) is 6. The number of rotatable bonds is 5. The summed E-state index contributed by atoms with van der Waals surface area (Å²) in [7, 11) is -3.53. The molecule has 128 valence electrons. The molecule has 7 nitrogen and oxygen atoms in total. The van der Waals surface area contributed by atoms with Gasteiger partial charge in [0.1, 0.15) is 12.2 Å². The molecule has 0 saturated carbocycles. The highest BCUT2D eigenvalue weighted by Crippen LogP contribution is 2.21. The monoisotopic (exact) mass is 356 g/mol. The van der Waals surface area contributed by atoms with Gasteiger partial charge in [-0.2, -0.15) is 9.57 Å². The Labute approximate surface area is 146 Å². The zero-order chi connectivity index (χ0) is 17.7. The van der Waals surface area contributed by atoms with Crippen LogP contribution in [-0.4, -0.2) is 41.9 Å². The summed E-state index contributed by atoms with van der Waals surface area (Å²) >= 11 is 0. The fourth-order valence-electron chi connectivity index (χ4n) is 2.49. The molecule has 1 unspecified atom stereocenters. The third kappa shape index (κ3) is 4.21. The van der Waals surface area contributed by atoms with Crippen molar-refractivity contribution in [1.82, 2.24) is 14.3 Å². The number of nitriles is 1. The van der Waals surface area contributed by atoms with Gasteiger partial charge >= 0.3 is 0 Å². The van der Waals surface area contributed by atoms with Crippen molar-refractivity contribution in [3.63, 3.8) is 0 Å². The first-order valence-corrected chi connectivity index (χ1v) is 9.20. The van der Waals surface area contributed by atoms with E-state index in [-0.39, 0.29) is 24.2 Å². The maximum atomic E-state index is 12.4. The molecule has 1 aliphatic rings. The highest BCUT2D eigenvalue weighted by Gasteiger charge is 2.31. The molecule has 8 heteroatoms. The van der Waals surface area contributed by atoms with E-state index in [2.05, 4.69) is 9.97 Å². The summed E-state index contributed by atoms with van der Waals surface area (Å²) < 4.78 is 31.9. The number of aromatic nitrogens is 2. The molecule has 2 aromatic rings. The van der Waals surface area contributed by atoms with Gasteiger partial charge in [0.05, 0.1) is 6.54 Å². The molecule has 3 rings (SSSR count). The molecule has 1 aromatic heterocycles. The number of ether oxygens (including phenoxy) is 1. The summed E-state index contributed by atoms with van der Waals surface area (Å²) in [6.07, 6.45) is 4.58. The van der Waals surface area contributed by atoms with Crippen molar-refractivity contribution < 1.29 is 13.2 Å². The lowest BCUT2D eigenvalue weighted by Gasteiger charge is -2.15. The number of nitrogens with zero attached hydrogens (tertiary/aromatic N) is 4. The predicted octanol–water partition coefficient (Wildman–Crippen LogP) is 1.80. The lowest BCUT2D eigenvalue weighted by Crippen LogP contribution is -2.29. The molecular formula is C17H16N4O3S. The molecular weight excluding hydrogens is 340 g/mol. The number of benzene rings is 1. The van der Waals surface area contributed by atoms with Crippen molar-refractivity contribution in [1.29, 1.82) is 5.26 Å². The molecule has 1 fully saturated rings. The topological polar surface area (TPSA) is 96.2 Å². The van der Waals surface area contributed by atoms with Crippen LogP contribution in [0.5, 0.6) is 5.88 Å². The van der Waals surface area contributed by atoms with E-state index in [0.717, 1.165) is 5.56 Å². The summed E-state index contributed by atoms with van der Waals surface area (Å²) in [5.41, 5.74) is 0.907. The SMILES string of the molecule is N#Cc1nccnc1OC1CCN(S(=O)(=O)C=Cc2ccccc2)C1. The fourth-order valence-corrected chi connectivity index (χ4v) is 3.72. The molecule has 1 saturated heterocycles. The second kappa shape index (κ2) is 7.42. The molecule has 1 aliphatic heterocycles. The Bertz CT molecular complexity index is 907. The Morgan fingerprint density at radius 3 is 2.76 bits per heavy atom. The second-order valence-electron chi connectivity index (χ2n) is 5.47. The summed E-state index contributed by atoms with van der Waals surface area (Å²) in [6, 6.07) is 11.1. The van der Waals surface area contributed by atoms with Crippen LogP contribution in [0.1, 0.15) is 17.7 Å². The van der Waals surface area contributed by atoms with Gasteiger partial charge in [-0.1, -0.05) is 30.3 Å². The molecule has 0 amide bonds. The standard InChI is InChI=1S/C17H16N4O3S/c18-12-16-17(20-9-8-19-16)24-15-6-10-21(13-15)25(22,23)11-7-14-4-2-1-3-5-14/h1-5,7-9,11,15H,6,10,13H2. The molecule has 1 aromatic carbocycles. The minimum absolute atomic E-state index is 0.0905. The molecule has 25 heavy (non-hydrogen) atoms. The lowest BCUT2D eigenvalue weighted by molar-refractivity contribution is 0.205. The van der Waals surface area contributed by atoms with E-state index in [9.17, 15) is 8.42 Å². The minimum Gasteiger partial charge on any atom is -0.471 e. The Morgan fingerprint density at radius 1 is 1.24 bits per heavy atom. The van der Waals surface area contributed by atoms with Crippen molar-refractivity contribution in [3.8, 4) is 11.9 Å². The molecule has 0 radical (unpaired) electrons. The predicted molar refractivity (Wildman–Crippen MR) is 91.7 cm³/mol. The fraction of sp³-hybridized carbons (Fsp3) is 0.235. The van der Waals surface area contributed by atoms with Crippen LogP contribution in [0.25, 0.3) is 6.08 Å². The van der Waals surface area contributed by atoms with Gasteiger partial charge in [-0.05, 0) is 18.1 Å². The normalized spacial score (nSPS) is 18.3. The quantitative estimate of drug-likeness (QED) is 0.810. The van der Waals surface area contributed by atoms with Gasteiger partial charge < -0.3 is 4.74 Å². The molecule has 0 N–H and O–H groups in total. The van der Waals surface area contributed by atoms with E-state index in [1.165, 1.54) is 22.1 Å². The average Bonchev–Trinajstić information content (AvgIpc) is 3.11. The Hall–Kier alpha value is -2.76. The van der Waals surface area contributed by atoms with Crippen LogP contribution in [0.4, 0.5) is 0 Å². The van der Waals surface area contributed by atoms with Crippen molar-refractivity contribution >= 4 is 16.1 Å². The molecule has 0 aliphatic carbocycles. The lowest BCUT2D eigenvalue weighted by atomic mass is 10.2. The van der Waals surface area contributed by atoms with Crippen molar-refractivity contribution in [2.75, 3.05) is 13.1 Å². The highest BCUT2D eigenvalue weighted by molar-refractivity contribution is 7.92. The smallest absolute Gasteiger partial charge is 0.251 e. The first-order chi connectivity index (χ1) is 12.1. The molecule has 1 atom stereocenters. The largest absolute Gasteiger partial charge is 0.471 e. The van der Waals surface area contributed by atoms with Crippen molar-refractivity contribution in [3.05, 3.63) is 59.4 Å². The van der Waals surface area contributed by atoms with Gasteiger partial charge in [-0.25, -0.2) is 18.4 Å². The summed E-state index contributed by atoms with van der Waals surface area (Å²) in [4.78, 5) is 7.87. The zero-order valence-electron chi connectivity index (χ0n) is 13.3. The Morgan fingerprint density at radius 2 is 2.00 bits per heavy atom. The van der Waals surface area contributed by atoms with Crippen LogP contribution in [0.2, 0.25) is 0 Å². The van der Waals surface area contributed by atoms with E-state index < -0.39 is 10.0 Å². The summed E-state index contributed by atoms with van der Waals surface area (Å²) in [6.45, 7) is 0.567. The average molecular weight is 356 g/mol. The van der Waals surface area contributed by atoms with Crippen LogP contribution in [0.15, 0.2) is 48.1 Å². The summed E-state index contributed by atoms with van der Waals surface area (Å²) in [5, 5.41) is 10.2. The first-order valence-electron chi connectivity index (χ1n) is 7.69. The van der Waals surface area contributed by atoms with Gasteiger partial charge in [-0.15, -0.1) is 0 Å². The van der Waals surface area contributed by atoms with Crippen LogP contribution >= 0.6 is 0 Å². The van der Waals surface area contributed by atoms with Gasteiger partial charge in [0.15, 0.2) is 0 Å². The van der Waals surface area contributed by atoms with E-state index in [1.807, 2.05) is 36.4 Å². The third-order valence-corrected chi connectivity index (χ3v) is 5.28. The van der Waals surface area contributed by atoms with E-state index in [0.29, 0.717) is 13.0 Å². The van der Waals surface area contributed by atoms with Gasteiger partial charge in [0.2, 0.25) is 15.7 Å². The maximum Gasteiger partial charge on any atom is 0.251 e. The van der Waals surface area contributed by atoms with Crippen LogP contribution < -0.4 is 4.74 Å². The van der Waals surface area contributed by atoms with Crippen molar-refractivity contribution in [2.45, 2.75) is 12.5 Å². The molecule has 0 spiro atoms. The molecule has 2 heterocycles. The van der Waals surface area contributed by atoms with E-state index in [1.54, 1.807) is 6.08 Å². The maximum absolute atomic E-state index is 12.4. The van der Waals surface area contributed by atoms with Gasteiger partial charge in [0, 0.05) is 24.3 Å². The Balaban J connectivity index is 1.66. The zero-order valence-corrected chi connectivity index (χ0v) is 14.1. The number of sulfonamides is 1. The van der Waals surface area contributed by atoms with Gasteiger partial charge in [-0.3, -0.25) is 0 Å². The highest BCUT2D eigenvalue weighted by atomic mass is 32.2. The van der Waals surface area contributed by atoms with Crippen molar-refractivity contribution in [2.24, 2.45) is 0 Å². The first kappa shape index (κ1) is 17.1.